The number of aromatic nitrogens is 2. The minimum Gasteiger partial charge on any atom is -0.302 e. The Bertz CT molecular complexity index is 1140. The van der Waals surface area contributed by atoms with E-state index in [2.05, 4.69) is 5.32 Å². The number of benzene rings is 2. The molecule has 1 saturated heterocycles. The van der Waals surface area contributed by atoms with E-state index in [0.717, 1.165) is 21.5 Å². The van der Waals surface area contributed by atoms with Crippen LogP contribution in [0.1, 0.15) is 5.56 Å². The molecule has 1 aliphatic rings. The summed E-state index contributed by atoms with van der Waals surface area (Å²) in [5.41, 5.74) is 2.86. The number of imide groups is 1. The minimum atomic E-state index is -0.486. The summed E-state index contributed by atoms with van der Waals surface area (Å²) < 4.78 is 3.11. The van der Waals surface area contributed by atoms with Crippen molar-refractivity contribution in [2.45, 2.75) is 0 Å². The first-order chi connectivity index (χ1) is 12.5. The summed E-state index contributed by atoms with van der Waals surface area (Å²) >= 11 is 0. The average molecular weight is 348 g/mol. The largest absolute Gasteiger partial charge is 0.333 e. The van der Waals surface area contributed by atoms with Crippen LogP contribution in [0.3, 0.4) is 0 Å². The molecule has 0 atom stereocenters. The van der Waals surface area contributed by atoms with E-state index in [9.17, 15) is 14.4 Å². The normalized spacial score (nSPS) is 15.9. The molecule has 0 radical (unpaired) electrons. The lowest BCUT2D eigenvalue weighted by Crippen LogP contribution is -2.30. The van der Waals surface area contributed by atoms with Crippen LogP contribution in [0.2, 0.25) is 0 Å². The van der Waals surface area contributed by atoms with Gasteiger partial charge in [0.25, 0.3) is 5.91 Å². The molecule has 26 heavy (non-hydrogen) atoms. The van der Waals surface area contributed by atoms with Crippen molar-refractivity contribution in [2.75, 3.05) is 4.90 Å². The Morgan fingerprint density at radius 3 is 2.31 bits per heavy atom. The van der Waals surface area contributed by atoms with Crippen molar-refractivity contribution < 1.29 is 9.59 Å². The molecule has 0 bridgehead atoms. The van der Waals surface area contributed by atoms with Gasteiger partial charge < -0.3 is 5.32 Å². The summed E-state index contributed by atoms with van der Waals surface area (Å²) in [4.78, 5) is 38.0. The van der Waals surface area contributed by atoms with E-state index in [1.165, 1.54) is 0 Å². The smallest absolute Gasteiger partial charge is 0.302 e. The second kappa shape index (κ2) is 5.73. The van der Waals surface area contributed by atoms with Gasteiger partial charge in [0.2, 0.25) is 0 Å². The fraction of sp³-hybridized carbons (Fsp3) is 0.105. The third-order valence-electron chi connectivity index (χ3n) is 4.50. The third-order valence-corrected chi connectivity index (χ3v) is 4.50. The number of nitrogens with zero attached hydrogens (tertiary/aromatic N) is 3. The standard InChI is InChI=1S/C19H16N4O3/c1-21-15-9-8-12(11-16(15)22(2)19(21)26)10-14-17(24)23(18(25)20-14)13-6-4-3-5-7-13/h3-11H,1-2H3,(H,20,25)/b14-10+. The van der Waals surface area contributed by atoms with Crippen LogP contribution in [0.15, 0.2) is 59.0 Å². The highest BCUT2D eigenvalue weighted by Gasteiger charge is 2.34. The maximum atomic E-state index is 12.6. The van der Waals surface area contributed by atoms with E-state index < -0.39 is 11.9 Å². The summed E-state index contributed by atoms with van der Waals surface area (Å²) in [6.07, 6.45) is 1.61. The van der Waals surface area contributed by atoms with Gasteiger partial charge in [-0.2, -0.15) is 0 Å². The number of rotatable bonds is 2. The van der Waals surface area contributed by atoms with Gasteiger partial charge in [-0.3, -0.25) is 13.9 Å². The minimum absolute atomic E-state index is 0.120. The number of carbonyl (C=O) groups is 2. The summed E-state index contributed by atoms with van der Waals surface area (Å²) in [6, 6.07) is 13.7. The molecular weight excluding hydrogens is 332 g/mol. The van der Waals surface area contributed by atoms with Gasteiger partial charge in [-0.05, 0) is 35.9 Å². The topological polar surface area (TPSA) is 76.3 Å². The van der Waals surface area contributed by atoms with Crippen LogP contribution < -0.4 is 15.9 Å². The van der Waals surface area contributed by atoms with Crippen molar-refractivity contribution >= 4 is 34.7 Å². The number of hydrogen-bond acceptors (Lipinski definition) is 3. The number of hydrogen-bond donors (Lipinski definition) is 1. The van der Waals surface area contributed by atoms with Crippen molar-refractivity contribution in [3.05, 3.63) is 70.3 Å². The zero-order chi connectivity index (χ0) is 18.4. The summed E-state index contributed by atoms with van der Waals surface area (Å²) in [7, 11) is 3.41. The van der Waals surface area contributed by atoms with Gasteiger partial charge in [0.1, 0.15) is 5.70 Å². The number of imidazole rings is 1. The number of urea groups is 1. The number of anilines is 1. The molecule has 7 heteroatoms. The zero-order valence-electron chi connectivity index (χ0n) is 14.3. The Balaban J connectivity index is 1.74. The molecule has 1 aliphatic heterocycles. The molecule has 0 saturated carbocycles. The lowest BCUT2D eigenvalue weighted by atomic mass is 10.1. The molecule has 3 aromatic rings. The van der Waals surface area contributed by atoms with Gasteiger partial charge >= 0.3 is 11.7 Å². The maximum Gasteiger partial charge on any atom is 0.333 e. The van der Waals surface area contributed by atoms with E-state index in [1.54, 1.807) is 59.6 Å². The second-order valence-electron chi connectivity index (χ2n) is 6.11. The average Bonchev–Trinajstić information content (AvgIpc) is 3.04. The molecule has 1 aromatic heterocycles. The van der Waals surface area contributed by atoms with Crippen LogP contribution in [-0.2, 0) is 18.9 Å². The first kappa shape index (κ1) is 15.9. The molecule has 0 aliphatic carbocycles. The molecular formula is C19H16N4O3. The van der Waals surface area contributed by atoms with E-state index in [4.69, 9.17) is 0 Å². The lowest BCUT2D eigenvalue weighted by Gasteiger charge is -2.10. The Morgan fingerprint density at radius 1 is 0.885 bits per heavy atom. The predicted octanol–water partition coefficient (Wildman–Crippen LogP) is 1.97. The molecule has 0 unspecified atom stereocenters. The zero-order valence-corrected chi connectivity index (χ0v) is 14.3. The van der Waals surface area contributed by atoms with Gasteiger partial charge in [-0.25, -0.2) is 14.5 Å². The molecule has 3 amide bonds. The van der Waals surface area contributed by atoms with Crippen molar-refractivity contribution in [1.82, 2.24) is 14.5 Å². The highest BCUT2D eigenvalue weighted by molar-refractivity contribution is 6.28. The van der Waals surface area contributed by atoms with Crippen LogP contribution in [0.25, 0.3) is 17.1 Å². The molecule has 1 fully saturated rings. The third kappa shape index (κ3) is 2.33. The van der Waals surface area contributed by atoms with Crippen molar-refractivity contribution in [2.24, 2.45) is 14.1 Å². The Hall–Kier alpha value is -3.61. The fourth-order valence-electron chi connectivity index (χ4n) is 3.13. The molecule has 7 nitrogen and oxygen atoms in total. The number of carbonyl (C=O) groups excluding carboxylic acids is 2. The van der Waals surface area contributed by atoms with Crippen LogP contribution in [0, 0.1) is 0 Å². The van der Waals surface area contributed by atoms with Gasteiger partial charge in [-0.1, -0.05) is 24.3 Å². The van der Waals surface area contributed by atoms with E-state index in [0.29, 0.717) is 5.69 Å². The number of nitrogens with one attached hydrogen (secondary N) is 1. The molecule has 2 aromatic carbocycles. The van der Waals surface area contributed by atoms with Crippen molar-refractivity contribution in [3.8, 4) is 0 Å². The van der Waals surface area contributed by atoms with E-state index >= 15 is 0 Å². The van der Waals surface area contributed by atoms with Crippen LogP contribution in [0.5, 0.6) is 0 Å². The number of aryl methyl sites for hydroxylation is 2. The molecule has 4 rings (SSSR count). The van der Waals surface area contributed by atoms with Crippen LogP contribution >= 0.6 is 0 Å². The van der Waals surface area contributed by atoms with Crippen molar-refractivity contribution in [1.29, 1.82) is 0 Å². The first-order valence-electron chi connectivity index (χ1n) is 8.05. The number of fused-ring (bicyclic) bond motifs is 1. The maximum absolute atomic E-state index is 12.6. The van der Waals surface area contributed by atoms with Crippen LogP contribution in [-0.4, -0.2) is 21.1 Å². The number of para-hydroxylation sites is 1. The Labute approximate surface area is 148 Å². The quantitative estimate of drug-likeness (QED) is 0.568. The summed E-state index contributed by atoms with van der Waals surface area (Å²) in [6.45, 7) is 0. The summed E-state index contributed by atoms with van der Waals surface area (Å²) in [5, 5.41) is 2.60. The Morgan fingerprint density at radius 2 is 1.58 bits per heavy atom. The SMILES string of the molecule is Cn1c(=O)n(C)c2cc(/C=C3/NC(=O)N(c4ccccc4)C3=O)ccc21. The monoisotopic (exact) mass is 348 g/mol. The highest BCUT2D eigenvalue weighted by Crippen LogP contribution is 2.23. The van der Waals surface area contributed by atoms with Gasteiger partial charge in [-0.15, -0.1) is 0 Å². The second-order valence-corrected chi connectivity index (χ2v) is 6.11. The van der Waals surface area contributed by atoms with Gasteiger partial charge in [0, 0.05) is 14.1 Å². The highest BCUT2D eigenvalue weighted by atomic mass is 16.2. The summed E-state index contributed by atoms with van der Waals surface area (Å²) in [5.74, 6) is -0.414. The molecule has 2 heterocycles. The van der Waals surface area contributed by atoms with Crippen molar-refractivity contribution in [3.63, 3.8) is 0 Å². The lowest BCUT2D eigenvalue weighted by molar-refractivity contribution is -0.113. The van der Waals surface area contributed by atoms with E-state index in [-0.39, 0.29) is 11.4 Å². The van der Waals surface area contributed by atoms with Crippen LogP contribution in [0.4, 0.5) is 10.5 Å². The fourth-order valence-corrected chi connectivity index (χ4v) is 3.13. The molecule has 1 N–H and O–H groups in total. The molecule has 0 spiro atoms. The first-order valence-corrected chi connectivity index (χ1v) is 8.05. The van der Waals surface area contributed by atoms with Gasteiger partial charge in [0.05, 0.1) is 16.7 Å². The number of amides is 3. The van der Waals surface area contributed by atoms with Gasteiger partial charge in [0.15, 0.2) is 0 Å². The predicted molar refractivity (Wildman–Crippen MR) is 98.6 cm³/mol. The Kier molecular flexibility index (Phi) is 3.50. The molecule has 130 valence electrons. The van der Waals surface area contributed by atoms with E-state index in [1.807, 2.05) is 18.2 Å².